The molecule has 4 heterocycles. The molecular weight excluding hydrogens is 505 g/mol. The maximum Gasteiger partial charge on any atom is 0.258 e. The van der Waals surface area contributed by atoms with Gasteiger partial charge in [-0.2, -0.15) is 5.10 Å². The molecule has 1 saturated carbocycles. The van der Waals surface area contributed by atoms with E-state index in [-0.39, 0.29) is 22.7 Å². The highest BCUT2D eigenvalue weighted by atomic mass is 35.5. The molecule has 38 heavy (non-hydrogen) atoms. The molecule has 1 unspecified atom stereocenters. The fraction of sp³-hybridized carbons (Fsp3) is 0.286. The van der Waals surface area contributed by atoms with Gasteiger partial charge in [-0.15, -0.1) is 0 Å². The molecule has 2 aliphatic rings. The van der Waals surface area contributed by atoms with Gasteiger partial charge in [0.05, 0.1) is 16.9 Å². The molecule has 8 nitrogen and oxygen atoms in total. The molecule has 5 aromatic rings. The van der Waals surface area contributed by atoms with Crippen molar-refractivity contribution in [3.63, 3.8) is 0 Å². The Morgan fingerprint density at radius 1 is 1.18 bits per heavy atom. The quantitative estimate of drug-likeness (QED) is 0.364. The summed E-state index contributed by atoms with van der Waals surface area (Å²) in [5.41, 5.74) is 8.97. The number of aryl methyl sites for hydroxylation is 1. The zero-order valence-electron chi connectivity index (χ0n) is 20.7. The number of nitrogens with one attached hydrogen (secondary N) is 1. The summed E-state index contributed by atoms with van der Waals surface area (Å²) in [5, 5.41) is 9.13. The molecule has 10 heteroatoms. The van der Waals surface area contributed by atoms with Gasteiger partial charge in [-0.3, -0.25) is 9.89 Å². The average Bonchev–Trinajstić information content (AvgIpc) is 3.40. The van der Waals surface area contributed by atoms with Crippen LogP contribution in [-0.2, 0) is 12.5 Å². The van der Waals surface area contributed by atoms with E-state index in [9.17, 15) is 9.18 Å². The third-order valence-corrected chi connectivity index (χ3v) is 8.99. The molecule has 1 aliphatic heterocycles. The summed E-state index contributed by atoms with van der Waals surface area (Å²) in [7, 11) is 1.71. The first kappa shape index (κ1) is 23.3. The molecule has 0 radical (unpaired) electrons. The summed E-state index contributed by atoms with van der Waals surface area (Å²) in [4.78, 5) is 24.2. The molecule has 3 N–H and O–H groups in total. The van der Waals surface area contributed by atoms with Gasteiger partial charge in [0, 0.05) is 54.6 Å². The Labute approximate surface area is 222 Å². The Kier molecular flexibility index (Phi) is 5.12. The second-order valence-corrected chi connectivity index (χ2v) is 10.7. The molecular formula is C28H25ClFN7O. The Morgan fingerprint density at radius 2 is 2.03 bits per heavy atom. The number of nitrogens with two attached hydrogens (primary N) is 1. The van der Waals surface area contributed by atoms with Crippen molar-refractivity contribution in [1.82, 2.24) is 24.7 Å². The maximum atomic E-state index is 14.7. The highest BCUT2D eigenvalue weighted by Gasteiger charge is 2.66. The number of halogens is 2. The van der Waals surface area contributed by atoms with E-state index in [0.717, 1.165) is 30.9 Å². The van der Waals surface area contributed by atoms with Gasteiger partial charge in [-0.05, 0) is 42.0 Å². The lowest BCUT2D eigenvalue weighted by Crippen LogP contribution is -2.32. The number of benzene rings is 2. The maximum absolute atomic E-state index is 14.7. The molecule has 7 rings (SSSR count). The first-order chi connectivity index (χ1) is 18.4. The molecule has 3 aromatic heterocycles. The van der Waals surface area contributed by atoms with Crippen LogP contribution in [0.1, 0.15) is 12.0 Å². The first-order valence-electron chi connectivity index (χ1n) is 12.6. The second-order valence-electron chi connectivity index (χ2n) is 10.3. The van der Waals surface area contributed by atoms with Crippen molar-refractivity contribution in [2.24, 2.45) is 24.6 Å². The van der Waals surface area contributed by atoms with E-state index in [2.05, 4.69) is 15.1 Å². The molecule has 1 aliphatic carbocycles. The van der Waals surface area contributed by atoms with Crippen molar-refractivity contribution in [2.75, 3.05) is 24.5 Å². The number of hydrogen-bond acceptors (Lipinski definition) is 6. The molecule has 0 bridgehead atoms. The minimum absolute atomic E-state index is 0.108. The van der Waals surface area contributed by atoms with Crippen LogP contribution in [-0.4, -0.2) is 44.4 Å². The Bertz CT molecular complexity index is 1800. The number of nitrogens with zero attached hydrogens (tertiary/aromatic N) is 5. The number of rotatable bonds is 4. The molecule has 192 valence electrons. The van der Waals surface area contributed by atoms with Crippen molar-refractivity contribution in [3.05, 3.63) is 81.6 Å². The van der Waals surface area contributed by atoms with Gasteiger partial charge in [-0.1, -0.05) is 35.9 Å². The summed E-state index contributed by atoms with van der Waals surface area (Å²) >= 11 is 6.74. The van der Waals surface area contributed by atoms with Crippen LogP contribution < -0.4 is 16.2 Å². The zero-order valence-corrected chi connectivity index (χ0v) is 21.4. The van der Waals surface area contributed by atoms with Gasteiger partial charge < -0.3 is 15.2 Å². The lowest BCUT2D eigenvalue weighted by molar-refractivity contribution is 0.533. The largest absolute Gasteiger partial charge is 0.355 e. The van der Waals surface area contributed by atoms with Crippen LogP contribution in [0.25, 0.3) is 33.2 Å². The third kappa shape index (κ3) is 3.18. The van der Waals surface area contributed by atoms with Gasteiger partial charge in [-0.25, -0.2) is 14.4 Å². The number of anilines is 1. The number of pyridine rings is 1. The van der Waals surface area contributed by atoms with E-state index in [1.54, 1.807) is 31.6 Å². The number of fused-ring (bicyclic) bond motifs is 3. The van der Waals surface area contributed by atoms with Crippen LogP contribution >= 0.6 is 11.6 Å². The SMILES string of the molecule is Cn1ccc2c(Cl)c(-c3[nH]nc4nc(N5CC[C@@H]6C(C5)[C@@]6(CN)c5ccccc5F)cnc34)ccc2c1=O. The predicted molar refractivity (Wildman–Crippen MR) is 146 cm³/mol. The number of hydrogen-bond donors (Lipinski definition) is 2. The van der Waals surface area contributed by atoms with Crippen LogP contribution in [0.4, 0.5) is 10.2 Å². The topological polar surface area (TPSA) is 106 Å². The standard InChI is InChI=1S/C28H25ClFN7O/c1-36-10-8-15-16(27(36)38)6-7-17(23(15)29)24-25-26(35-34-24)33-22(12-32-25)37-11-9-18-20(13-37)28(18,14-31)19-4-2-3-5-21(19)30/h2-8,10,12,18,20H,9,11,13-14,31H2,1H3,(H,33,34,35)/t18-,20?,28-/m1/s1. The van der Waals surface area contributed by atoms with Gasteiger partial charge in [0.2, 0.25) is 5.65 Å². The van der Waals surface area contributed by atoms with Gasteiger partial charge in [0.25, 0.3) is 5.56 Å². The Morgan fingerprint density at radius 3 is 2.84 bits per heavy atom. The summed E-state index contributed by atoms with van der Waals surface area (Å²) in [5.74, 6) is 1.17. The third-order valence-electron chi connectivity index (χ3n) is 8.58. The van der Waals surface area contributed by atoms with E-state index in [1.807, 2.05) is 24.3 Å². The molecule has 2 fully saturated rings. The fourth-order valence-corrected chi connectivity index (χ4v) is 6.86. The van der Waals surface area contributed by atoms with Crippen LogP contribution in [0, 0.1) is 17.7 Å². The number of piperidine rings is 1. The van der Waals surface area contributed by atoms with E-state index >= 15 is 0 Å². The minimum atomic E-state index is -0.328. The van der Waals surface area contributed by atoms with Crippen molar-refractivity contribution in [1.29, 1.82) is 0 Å². The number of aromatic nitrogens is 5. The molecule has 1 saturated heterocycles. The number of aromatic amines is 1. The molecule has 0 spiro atoms. The van der Waals surface area contributed by atoms with Crippen LogP contribution in [0.2, 0.25) is 5.02 Å². The summed E-state index contributed by atoms with van der Waals surface area (Å²) < 4.78 is 16.2. The van der Waals surface area contributed by atoms with Gasteiger partial charge >= 0.3 is 0 Å². The van der Waals surface area contributed by atoms with Gasteiger partial charge in [0.1, 0.15) is 17.2 Å². The smallest absolute Gasteiger partial charge is 0.258 e. The van der Waals surface area contributed by atoms with Crippen molar-refractivity contribution < 1.29 is 4.39 Å². The van der Waals surface area contributed by atoms with Crippen molar-refractivity contribution in [2.45, 2.75) is 11.8 Å². The summed E-state index contributed by atoms with van der Waals surface area (Å²) in [6, 6.07) is 12.4. The average molecular weight is 530 g/mol. The summed E-state index contributed by atoms with van der Waals surface area (Å²) in [6.07, 6.45) is 4.36. The number of H-pyrrole nitrogens is 1. The van der Waals surface area contributed by atoms with Gasteiger partial charge in [0.15, 0.2) is 0 Å². The van der Waals surface area contributed by atoms with E-state index in [4.69, 9.17) is 27.3 Å². The van der Waals surface area contributed by atoms with Crippen molar-refractivity contribution in [3.8, 4) is 11.3 Å². The summed E-state index contributed by atoms with van der Waals surface area (Å²) in [6.45, 7) is 1.95. The molecule has 0 amide bonds. The van der Waals surface area contributed by atoms with E-state index < -0.39 is 0 Å². The van der Waals surface area contributed by atoms with Crippen molar-refractivity contribution >= 4 is 39.4 Å². The first-order valence-corrected chi connectivity index (χ1v) is 13.0. The monoisotopic (exact) mass is 529 g/mol. The van der Waals surface area contributed by atoms with E-state index in [1.165, 1.54) is 10.6 Å². The molecule has 3 atom stereocenters. The Hall–Kier alpha value is -3.82. The highest BCUT2D eigenvalue weighted by molar-refractivity contribution is 6.38. The lowest BCUT2D eigenvalue weighted by atomic mass is 9.91. The van der Waals surface area contributed by atoms with E-state index in [0.29, 0.717) is 50.7 Å². The normalized spacial score (nSPS) is 22.7. The predicted octanol–water partition coefficient (Wildman–Crippen LogP) is 4.02. The zero-order chi connectivity index (χ0) is 26.2. The van der Waals surface area contributed by atoms with Crippen LogP contribution in [0.15, 0.2) is 59.7 Å². The molecule has 2 aromatic carbocycles. The minimum Gasteiger partial charge on any atom is -0.355 e. The highest BCUT2D eigenvalue weighted by Crippen LogP contribution is 2.63. The lowest BCUT2D eigenvalue weighted by Gasteiger charge is -2.26. The fourth-order valence-electron chi connectivity index (χ4n) is 6.54. The van der Waals surface area contributed by atoms with Crippen LogP contribution in [0.3, 0.4) is 0 Å². The second kappa shape index (κ2) is 8.34. The Balaban J connectivity index is 1.21. The van der Waals surface area contributed by atoms with Crippen LogP contribution in [0.5, 0.6) is 0 Å².